The van der Waals surface area contributed by atoms with Gasteiger partial charge in [-0.25, -0.2) is 0 Å². The standard InChI is InChI=1S/C20H17N3O2S/c24-20-16-5-1-2-6-18(16)26(25)19-8-7-14(10-17(19)23-20)11-22-13-15-4-3-9-21-12-15/h1-10,12,22H,11,13H2,(H,23,24). The van der Waals surface area contributed by atoms with Gasteiger partial charge in [0.25, 0.3) is 5.91 Å². The van der Waals surface area contributed by atoms with Gasteiger partial charge in [0.05, 0.1) is 11.3 Å². The molecule has 1 aromatic heterocycles. The van der Waals surface area contributed by atoms with Crippen LogP contribution in [0.5, 0.6) is 0 Å². The van der Waals surface area contributed by atoms with Crippen molar-refractivity contribution in [2.24, 2.45) is 0 Å². The lowest BCUT2D eigenvalue weighted by Crippen LogP contribution is -2.14. The van der Waals surface area contributed by atoms with Crippen molar-refractivity contribution in [3.63, 3.8) is 0 Å². The second-order valence-electron chi connectivity index (χ2n) is 6.01. The summed E-state index contributed by atoms with van der Waals surface area (Å²) in [5.41, 5.74) is 3.17. The summed E-state index contributed by atoms with van der Waals surface area (Å²) in [5, 5.41) is 6.24. The molecule has 4 rings (SSSR count). The fourth-order valence-corrected chi connectivity index (χ4v) is 4.23. The Kier molecular flexibility index (Phi) is 4.71. The zero-order valence-electron chi connectivity index (χ0n) is 13.9. The number of pyridine rings is 1. The smallest absolute Gasteiger partial charge is 0.260 e. The molecule has 5 nitrogen and oxygen atoms in total. The van der Waals surface area contributed by atoms with Crippen LogP contribution in [-0.4, -0.2) is 15.4 Å². The van der Waals surface area contributed by atoms with Gasteiger partial charge in [-0.3, -0.25) is 9.78 Å². The third-order valence-electron chi connectivity index (χ3n) is 4.20. The van der Waals surface area contributed by atoms with E-state index in [-0.39, 0.29) is 5.91 Å². The van der Waals surface area contributed by atoms with Crippen LogP contribution in [0.1, 0.15) is 21.5 Å². The predicted octanol–water partition coefficient (Wildman–Crippen LogP) is 3.10. The number of benzene rings is 2. The average molecular weight is 363 g/mol. The third-order valence-corrected chi connectivity index (χ3v) is 5.72. The quantitative estimate of drug-likeness (QED) is 0.698. The first kappa shape index (κ1) is 16.8. The summed E-state index contributed by atoms with van der Waals surface area (Å²) in [6.07, 6.45) is 3.57. The lowest BCUT2D eigenvalue weighted by atomic mass is 10.1. The van der Waals surface area contributed by atoms with E-state index in [1.165, 1.54) is 0 Å². The molecule has 1 unspecified atom stereocenters. The highest BCUT2D eigenvalue weighted by Gasteiger charge is 2.30. The number of anilines is 1. The molecule has 1 aliphatic rings. The van der Waals surface area contributed by atoms with Crippen LogP contribution in [0, 0.1) is 0 Å². The van der Waals surface area contributed by atoms with Gasteiger partial charge in [-0.05, 0) is 41.5 Å². The van der Waals surface area contributed by atoms with Gasteiger partial charge in [-0.15, -0.1) is 0 Å². The van der Waals surface area contributed by atoms with E-state index in [1.807, 2.05) is 36.5 Å². The lowest BCUT2D eigenvalue weighted by Gasteiger charge is -2.12. The minimum Gasteiger partial charge on any atom is -0.606 e. The minimum atomic E-state index is -1.38. The van der Waals surface area contributed by atoms with E-state index in [0.717, 1.165) is 11.1 Å². The Labute approximate surface area is 154 Å². The molecule has 0 bridgehead atoms. The van der Waals surface area contributed by atoms with Gasteiger partial charge in [0.15, 0.2) is 9.79 Å². The number of amides is 1. The maximum absolute atomic E-state index is 12.9. The van der Waals surface area contributed by atoms with Crippen LogP contribution >= 0.6 is 0 Å². The van der Waals surface area contributed by atoms with Gasteiger partial charge in [0, 0.05) is 36.7 Å². The van der Waals surface area contributed by atoms with Crippen molar-refractivity contribution >= 4 is 22.8 Å². The highest BCUT2D eigenvalue weighted by Crippen LogP contribution is 2.34. The van der Waals surface area contributed by atoms with Crippen LogP contribution in [0.15, 0.2) is 76.8 Å². The average Bonchev–Trinajstić information content (AvgIpc) is 2.78. The van der Waals surface area contributed by atoms with Gasteiger partial charge in [-0.2, -0.15) is 0 Å². The van der Waals surface area contributed by atoms with E-state index in [2.05, 4.69) is 15.6 Å². The monoisotopic (exact) mass is 363 g/mol. The van der Waals surface area contributed by atoms with Crippen LogP contribution in [-0.2, 0) is 24.3 Å². The molecule has 0 radical (unpaired) electrons. The molecule has 0 fully saturated rings. The normalized spacial score (nSPS) is 15.6. The van der Waals surface area contributed by atoms with E-state index in [9.17, 15) is 9.35 Å². The number of fused-ring (bicyclic) bond motifs is 2. The van der Waals surface area contributed by atoms with Gasteiger partial charge in [0.1, 0.15) is 0 Å². The molecule has 3 aromatic rings. The number of nitrogens with zero attached hydrogens (tertiary/aromatic N) is 1. The molecular weight excluding hydrogens is 346 g/mol. The number of hydrogen-bond acceptors (Lipinski definition) is 4. The minimum absolute atomic E-state index is 0.229. The Hall–Kier alpha value is -2.67. The van der Waals surface area contributed by atoms with Crippen LogP contribution < -0.4 is 10.6 Å². The summed E-state index contributed by atoms with van der Waals surface area (Å²) in [6, 6.07) is 16.6. The molecule has 26 heavy (non-hydrogen) atoms. The Bertz CT molecular complexity index is 947. The molecule has 6 heteroatoms. The summed E-state index contributed by atoms with van der Waals surface area (Å²) in [5.74, 6) is -0.229. The van der Waals surface area contributed by atoms with Crippen LogP contribution in [0.2, 0.25) is 0 Å². The van der Waals surface area contributed by atoms with Crippen molar-refractivity contribution in [1.29, 1.82) is 0 Å². The third kappa shape index (κ3) is 3.35. The predicted molar refractivity (Wildman–Crippen MR) is 100 cm³/mol. The van der Waals surface area contributed by atoms with Gasteiger partial charge in [-0.1, -0.05) is 24.3 Å². The molecule has 0 spiro atoms. The SMILES string of the molecule is O=C1Nc2cc(CNCc3cccnc3)ccc2[S+]([O-])c2ccccc21. The molecular formula is C20H17N3O2S. The molecule has 0 saturated heterocycles. The Balaban J connectivity index is 1.54. The maximum atomic E-state index is 12.9. The van der Waals surface area contributed by atoms with Crippen LogP contribution in [0.25, 0.3) is 0 Å². The number of carbonyl (C=O) groups excluding carboxylic acids is 1. The van der Waals surface area contributed by atoms with Crippen LogP contribution in [0.4, 0.5) is 5.69 Å². The van der Waals surface area contributed by atoms with Crippen molar-refractivity contribution in [2.75, 3.05) is 5.32 Å². The Morgan fingerprint density at radius 2 is 1.85 bits per heavy atom. The summed E-state index contributed by atoms with van der Waals surface area (Å²) in [7, 11) is 0. The zero-order valence-corrected chi connectivity index (χ0v) is 14.8. The molecule has 0 aliphatic carbocycles. The molecule has 0 saturated carbocycles. The number of aromatic nitrogens is 1. The highest BCUT2D eigenvalue weighted by atomic mass is 32.2. The van der Waals surface area contributed by atoms with Crippen LogP contribution in [0.3, 0.4) is 0 Å². The van der Waals surface area contributed by atoms with Crippen molar-refractivity contribution in [3.8, 4) is 0 Å². The summed E-state index contributed by atoms with van der Waals surface area (Å²) in [6.45, 7) is 1.34. The zero-order chi connectivity index (χ0) is 17.9. The first-order valence-corrected chi connectivity index (χ1v) is 9.42. The van der Waals surface area contributed by atoms with Gasteiger partial charge in [0.2, 0.25) is 0 Å². The molecule has 1 atom stereocenters. The van der Waals surface area contributed by atoms with E-state index in [0.29, 0.717) is 34.1 Å². The van der Waals surface area contributed by atoms with Crippen molar-refractivity contribution in [2.45, 2.75) is 22.9 Å². The van der Waals surface area contributed by atoms with Crippen molar-refractivity contribution < 1.29 is 9.35 Å². The first-order chi connectivity index (χ1) is 12.7. The Morgan fingerprint density at radius 3 is 2.69 bits per heavy atom. The van der Waals surface area contributed by atoms with Gasteiger partial charge < -0.3 is 15.2 Å². The summed E-state index contributed by atoms with van der Waals surface area (Å²) >= 11 is -1.38. The number of hydrogen-bond donors (Lipinski definition) is 2. The van der Waals surface area contributed by atoms with Crippen molar-refractivity contribution in [1.82, 2.24) is 10.3 Å². The van der Waals surface area contributed by atoms with E-state index < -0.39 is 11.2 Å². The molecule has 1 aliphatic heterocycles. The largest absolute Gasteiger partial charge is 0.606 e. The van der Waals surface area contributed by atoms with Gasteiger partial charge >= 0.3 is 0 Å². The molecule has 2 N–H and O–H groups in total. The topological polar surface area (TPSA) is 77.1 Å². The van der Waals surface area contributed by atoms with E-state index >= 15 is 0 Å². The van der Waals surface area contributed by atoms with E-state index in [1.54, 1.807) is 30.5 Å². The first-order valence-electron chi connectivity index (χ1n) is 8.27. The number of carbonyl (C=O) groups is 1. The Morgan fingerprint density at radius 1 is 1.00 bits per heavy atom. The van der Waals surface area contributed by atoms with Crippen molar-refractivity contribution in [3.05, 3.63) is 83.7 Å². The second-order valence-corrected chi connectivity index (χ2v) is 7.43. The summed E-state index contributed by atoms with van der Waals surface area (Å²) < 4.78 is 12.9. The number of rotatable bonds is 4. The second kappa shape index (κ2) is 7.29. The van der Waals surface area contributed by atoms with E-state index in [4.69, 9.17) is 0 Å². The molecule has 2 heterocycles. The molecule has 1 amide bonds. The lowest BCUT2D eigenvalue weighted by molar-refractivity contribution is 0.102. The highest BCUT2D eigenvalue weighted by molar-refractivity contribution is 7.91. The molecule has 130 valence electrons. The fourth-order valence-electron chi connectivity index (χ4n) is 2.92. The maximum Gasteiger partial charge on any atom is 0.260 e. The summed E-state index contributed by atoms with van der Waals surface area (Å²) in [4.78, 5) is 17.7. The molecule has 2 aromatic carbocycles. The number of nitrogens with one attached hydrogen (secondary N) is 2. The fraction of sp³-hybridized carbons (Fsp3) is 0.100.